The maximum atomic E-state index is 13.2. The van der Waals surface area contributed by atoms with Crippen molar-refractivity contribution in [2.24, 2.45) is 0 Å². The van der Waals surface area contributed by atoms with Gasteiger partial charge in [-0.2, -0.15) is 18.4 Å². The first-order chi connectivity index (χ1) is 15.3. The van der Waals surface area contributed by atoms with Gasteiger partial charge in [-0.05, 0) is 40.2 Å². The topological polar surface area (TPSA) is 105 Å². The van der Waals surface area contributed by atoms with Crippen LogP contribution in [0.15, 0.2) is 6.07 Å². The van der Waals surface area contributed by atoms with Gasteiger partial charge < -0.3 is 19.7 Å². The number of esters is 2. The third-order valence-electron chi connectivity index (χ3n) is 4.74. The summed E-state index contributed by atoms with van der Waals surface area (Å²) in [7, 11) is 0. The van der Waals surface area contributed by atoms with E-state index in [0.717, 1.165) is 6.07 Å². The number of carbonyl (C=O) groups is 2. The van der Waals surface area contributed by atoms with Crippen molar-refractivity contribution in [2.75, 3.05) is 31.1 Å². The fraction of sp³-hybridized carbons (Fsp3) is 0.636. The number of aromatic nitrogens is 1. The zero-order valence-electron chi connectivity index (χ0n) is 19.2. The van der Waals surface area contributed by atoms with Gasteiger partial charge in [-0.15, -0.1) is 0 Å². The number of hydrogen-bond donors (Lipinski definition) is 1. The third kappa shape index (κ3) is 8.20. The number of halogens is 3. The first kappa shape index (κ1) is 26.4. The molecule has 33 heavy (non-hydrogen) atoms. The predicted octanol–water partition coefficient (Wildman–Crippen LogP) is 3.13. The minimum Gasteiger partial charge on any atom is -0.462 e. The highest BCUT2D eigenvalue weighted by molar-refractivity contribution is 5.91. The molecule has 1 aliphatic heterocycles. The largest absolute Gasteiger partial charge is 0.462 e. The molecule has 0 spiro atoms. The minimum atomic E-state index is -4.60. The molecule has 2 heterocycles. The molecule has 11 heteroatoms. The summed E-state index contributed by atoms with van der Waals surface area (Å²) in [5.74, 6) is -1.22. The van der Waals surface area contributed by atoms with E-state index in [0.29, 0.717) is 26.1 Å². The van der Waals surface area contributed by atoms with Crippen LogP contribution in [-0.2, 0) is 20.7 Å². The van der Waals surface area contributed by atoms with Crippen molar-refractivity contribution < 1.29 is 32.2 Å². The predicted molar refractivity (Wildman–Crippen MR) is 114 cm³/mol. The van der Waals surface area contributed by atoms with Gasteiger partial charge in [-0.3, -0.25) is 4.79 Å². The molecule has 0 amide bonds. The van der Waals surface area contributed by atoms with Crippen LogP contribution in [-0.4, -0.2) is 61.0 Å². The lowest BCUT2D eigenvalue weighted by molar-refractivity contribution is -0.155. The standard InChI is InChI=1S/C22H29F3N4O4/c1-5-32-20(31)16-10-14(12-26)19(28-17(16)11-22(23,24)25)29-9-8-27-15(13-29)6-7-18(30)33-21(2,3)4/h10,15,27H,5-9,11,13H2,1-4H3. The zero-order chi connectivity index (χ0) is 24.8. The van der Waals surface area contributed by atoms with Crippen molar-refractivity contribution in [2.45, 2.75) is 64.8 Å². The van der Waals surface area contributed by atoms with Crippen molar-refractivity contribution >= 4 is 17.8 Å². The fourth-order valence-electron chi connectivity index (χ4n) is 3.47. The van der Waals surface area contributed by atoms with Gasteiger partial charge in [0, 0.05) is 32.1 Å². The second kappa shape index (κ2) is 10.8. The first-order valence-electron chi connectivity index (χ1n) is 10.7. The SMILES string of the molecule is CCOC(=O)c1cc(C#N)c(N2CCNC(CCC(=O)OC(C)(C)C)C2)nc1CC(F)(F)F. The summed E-state index contributed by atoms with van der Waals surface area (Å²) in [5.41, 5.74) is -1.47. The Balaban J connectivity index is 2.26. The number of anilines is 1. The lowest BCUT2D eigenvalue weighted by Gasteiger charge is -2.35. The monoisotopic (exact) mass is 470 g/mol. The Morgan fingerprint density at radius 1 is 1.33 bits per heavy atom. The summed E-state index contributed by atoms with van der Waals surface area (Å²) in [6.45, 7) is 8.05. The Kier molecular flexibility index (Phi) is 8.66. The quantitative estimate of drug-likeness (QED) is 0.606. The summed E-state index contributed by atoms with van der Waals surface area (Å²) < 4.78 is 49.6. The van der Waals surface area contributed by atoms with Crippen LogP contribution in [0.4, 0.5) is 19.0 Å². The van der Waals surface area contributed by atoms with Crippen LogP contribution in [0.1, 0.15) is 62.2 Å². The Hall–Kier alpha value is -2.87. The van der Waals surface area contributed by atoms with Gasteiger partial charge in [-0.1, -0.05) is 0 Å². The molecule has 1 saturated heterocycles. The summed E-state index contributed by atoms with van der Waals surface area (Å²) in [4.78, 5) is 30.0. The maximum Gasteiger partial charge on any atom is 0.394 e. The lowest BCUT2D eigenvalue weighted by atomic mass is 10.0. The molecule has 1 fully saturated rings. The molecule has 1 atom stereocenters. The number of carbonyl (C=O) groups excluding carboxylic acids is 2. The van der Waals surface area contributed by atoms with Crippen molar-refractivity contribution in [3.63, 3.8) is 0 Å². The number of rotatable bonds is 7. The zero-order valence-corrected chi connectivity index (χ0v) is 19.2. The molecular formula is C22H29F3N4O4. The molecule has 1 unspecified atom stereocenters. The van der Waals surface area contributed by atoms with Gasteiger partial charge in [0.25, 0.3) is 0 Å². The average Bonchev–Trinajstić information content (AvgIpc) is 2.70. The van der Waals surface area contributed by atoms with E-state index in [1.54, 1.807) is 25.7 Å². The van der Waals surface area contributed by atoms with Gasteiger partial charge in [0.15, 0.2) is 0 Å². The van der Waals surface area contributed by atoms with Gasteiger partial charge in [-0.25, -0.2) is 9.78 Å². The molecule has 8 nitrogen and oxygen atoms in total. The van der Waals surface area contributed by atoms with Crippen LogP contribution >= 0.6 is 0 Å². The smallest absolute Gasteiger partial charge is 0.394 e. The van der Waals surface area contributed by atoms with E-state index in [1.807, 2.05) is 6.07 Å². The second-order valence-electron chi connectivity index (χ2n) is 8.70. The summed E-state index contributed by atoms with van der Waals surface area (Å²) in [5, 5.41) is 12.9. The molecule has 0 radical (unpaired) electrons. The normalized spacial score (nSPS) is 16.8. The van der Waals surface area contributed by atoms with Crippen LogP contribution in [0.2, 0.25) is 0 Å². The first-order valence-corrected chi connectivity index (χ1v) is 10.7. The molecule has 1 aromatic heterocycles. The molecule has 0 aromatic carbocycles. The molecule has 0 saturated carbocycles. The average molecular weight is 470 g/mol. The van der Waals surface area contributed by atoms with Gasteiger partial charge in [0.1, 0.15) is 17.5 Å². The Morgan fingerprint density at radius 2 is 2.03 bits per heavy atom. The number of alkyl halides is 3. The summed E-state index contributed by atoms with van der Waals surface area (Å²) in [6, 6.07) is 2.88. The number of nitriles is 1. The summed E-state index contributed by atoms with van der Waals surface area (Å²) >= 11 is 0. The Labute approximate surface area is 191 Å². The van der Waals surface area contributed by atoms with Crippen molar-refractivity contribution in [3.05, 3.63) is 22.9 Å². The summed E-state index contributed by atoms with van der Waals surface area (Å²) in [6.07, 6.45) is -5.40. The minimum absolute atomic E-state index is 0.0169. The molecule has 0 bridgehead atoms. The number of pyridine rings is 1. The highest BCUT2D eigenvalue weighted by atomic mass is 19.4. The molecule has 1 aromatic rings. The van der Waals surface area contributed by atoms with E-state index in [-0.39, 0.29) is 42.0 Å². The van der Waals surface area contributed by atoms with Crippen molar-refractivity contribution in [3.8, 4) is 6.07 Å². The molecule has 1 N–H and O–H groups in total. The third-order valence-corrected chi connectivity index (χ3v) is 4.74. The van der Waals surface area contributed by atoms with Crippen molar-refractivity contribution in [1.29, 1.82) is 5.26 Å². The van der Waals surface area contributed by atoms with E-state index in [1.165, 1.54) is 6.92 Å². The van der Waals surface area contributed by atoms with Crippen LogP contribution in [0.3, 0.4) is 0 Å². The molecule has 1 aliphatic rings. The Morgan fingerprint density at radius 3 is 2.61 bits per heavy atom. The number of hydrogen-bond acceptors (Lipinski definition) is 8. The van der Waals surface area contributed by atoms with E-state index >= 15 is 0 Å². The van der Waals surface area contributed by atoms with Gasteiger partial charge in [0.05, 0.1) is 29.8 Å². The van der Waals surface area contributed by atoms with Crippen LogP contribution in [0, 0.1) is 11.3 Å². The number of piperazine rings is 1. The maximum absolute atomic E-state index is 13.2. The molecular weight excluding hydrogens is 441 g/mol. The lowest BCUT2D eigenvalue weighted by Crippen LogP contribution is -2.51. The molecule has 2 rings (SSSR count). The highest BCUT2D eigenvalue weighted by Crippen LogP contribution is 2.28. The fourth-order valence-corrected chi connectivity index (χ4v) is 3.47. The van der Waals surface area contributed by atoms with Crippen LogP contribution in [0.25, 0.3) is 0 Å². The van der Waals surface area contributed by atoms with Crippen molar-refractivity contribution in [1.82, 2.24) is 10.3 Å². The van der Waals surface area contributed by atoms with Crippen LogP contribution in [0.5, 0.6) is 0 Å². The highest BCUT2D eigenvalue weighted by Gasteiger charge is 2.33. The van der Waals surface area contributed by atoms with E-state index < -0.39 is 29.9 Å². The molecule has 182 valence electrons. The van der Waals surface area contributed by atoms with E-state index in [4.69, 9.17) is 9.47 Å². The second-order valence-corrected chi connectivity index (χ2v) is 8.70. The van der Waals surface area contributed by atoms with Gasteiger partial charge >= 0.3 is 18.1 Å². The number of nitrogens with one attached hydrogen (secondary N) is 1. The Bertz CT molecular complexity index is 907. The van der Waals surface area contributed by atoms with E-state index in [2.05, 4.69) is 10.3 Å². The van der Waals surface area contributed by atoms with E-state index in [9.17, 15) is 28.0 Å². The van der Waals surface area contributed by atoms with Gasteiger partial charge in [0.2, 0.25) is 0 Å². The number of nitrogens with zero attached hydrogens (tertiary/aromatic N) is 3. The number of ether oxygens (including phenoxy) is 2. The molecule has 0 aliphatic carbocycles. The van der Waals surface area contributed by atoms with Crippen LogP contribution < -0.4 is 10.2 Å².